The zero-order valence-corrected chi connectivity index (χ0v) is 24.1. The van der Waals surface area contributed by atoms with Crippen molar-refractivity contribution in [3.05, 3.63) is 97.6 Å². The molecule has 5 rings (SSSR count). The number of anilines is 1. The van der Waals surface area contributed by atoms with Crippen molar-refractivity contribution in [2.75, 3.05) is 11.9 Å². The van der Waals surface area contributed by atoms with Crippen LogP contribution in [0.4, 0.5) is 18.9 Å². The number of benzene rings is 3. The van der Waals surface area contributed by atoms with E-state index in [-0.39, 0.29) is 33.4 Å². The highest BCUT2D eigenvalue weighted by Crippen LogP contribution is 2.48. The minimum absolute atomic E-state index is 0.0110. The Hall–Kier alpha value is -4.31. The number of hydrogen-bond donors (Lipinski definition) is 1. The van der Waals surface area contributed by atoms with Gasteiger partial charge in [-0.05, 0) is 105 Å². The summed E-state index contributed by atoms with van der Waals surface area (Å²) in [6.45, 7) is 9.63. The van der Waals surface area contributed by atoms with E-state index in [0.717, 1.165) is 52.1 Å². The first-order chi connectivity index (χ1) is 19.4. The van der Waals surface area contributed by atoms with Gasteiger partial charge in [0.05, 0.1) is 34.0 Å². The summed E-state index contributed by atoms with van der Waals surface area (Å²) >= 11 is 0. The number of halogens is 3. The van der Waals surface area contributed by atoms with Gasteiger partial charge in [-0.25, -0.2) is 4.90 Å². The van der Waals surface area contributed by atoms with E-state index in [1.54, 1.807) is 20.8 Å². The molecule has 0 saturated carbocycles. The number of imide groups is 2. The lowest BCUT2D eigenvalue weighted by Crippen LogP contribution is -2.41. The van der Waals surface area contributed by atoms with Crippen LogP contribution in [-0.4, -0.2) is 46.9 Å². The maximum absolute atomic E-state index is 14.9. The molecule has 10 heteroatoms. The summed E-state index contributed by atoms with van der Waals surface area (Å²) in [5.74, 6) is -2.76. The van der Waals surface area contributed by atoms with Gasteiger partial charge in [0.1, 0.15) is 5.41 Å². The first-order valence-corrected chi connectivity index (χ1v) is 13.3. The largest absolute Gasteiger partial charge is 0.402 e. The Bertz CT molecular complexity index is 1760. The Kier molecular flexibility index (Phi) is 6.50. The Morgan fingerprint density at radius 3 is 1.64 bits per heavy atom. The Morgan fingerprint density at radius 2 is 1.14 bits per heavy atom. The van der Waals surface area contributed by atoms with E-state index in [1.807, 2.05) is 13.8 Å². The normalized spacial score (nSPS) is 17.1. The molecule has 3 aromatic carbocycles. The number of amides is 4. The molecule has 42 heavy (non-hydrogen) atoms. The third-order valence-corrected chi connectivity index (χ3v) is 8.98. The van der Waals surface area contributed by atoms with Gasteiger partial charge in [-0.2, -0.15) is 13.2 Å². The van der Waals surface area contributed by atoms with Crippen LogP contribution < -0.4 is 4.90 Å². The second-order valence-electron chi connectivity index (χ2n) is 11.2. The maximum atomic E-state index is 14.9. The van der Waals surface area contributed by atoms with E-state index in [9.17, 15) is 37.5 Å². The highest BCUT2D eigenvalue weighted by molar-refractivity contribution is 6.35. The van der Waals surface area contributed by atoms with Crippen LogP contribution in [0.3, 0.4) is 0 Å². The van der Waals surface area contributed by atoms with Crippen LogP contribution in [0.15, 0.2) is 36.4 Å². The molecule has 0 fully saturated rings. The number of rotatable bonds is 4. The van der Waals surface area contributed by atoms with Crippen LogP contribution in [0.1, 0.15) is 100 Å². The van der Waals surface area contributed by atoms with Crippen LogP contribution in [0.25, 0.3) is 0 Å². The van der Waals surface area contributed by atoms with Crippen molar-refractivity contribution < 1.29 is 37.5 Å². The fourth-order valence-corrected chi connectivity index (χ4v) is 6.23. The molecule has 7 nitrogen and oxygen atoms in total. The van der Waals surface area contributed by atoms with Gasteiger partial charge >= 0.3 is 6.18 Å². The Morgan fingerprint density at radius 1 is 0.690 bits per heavy atom. The number of nitrogens with zero attached hydrogens (tertiary/aromatic N) is 2. The minimum atomic E-state index is -4.88. The van der Waals surface area contributed by atoms with Gasteiger partial charge in [-0.15, -0.1) is 0 Å². The van der Waals surface area contributed by atoms with Gasteiger partial charge in [0, 0.05) is 7.05 Å². The fraction of sp³-hybridized carbons (Fsp3) is 0.312. The van der Waals surface area contributed by atoms with Crippen molar-refractivity contribution in [1.29, 1.82) is 0 Å². The molecule has 0 bridgehead atoms. The predicted octanol–water partition coefficient (Wildman–Crippen LogP) is 5.87. The van der Waals surface area contributed by atoms with E-state index in [1.165, 1.54) is 19.2 Å². The zero-order chi connectivity index (χ0) is 31.2. The van der Waals surface area contributed by atoms with Gasteiger partial charge in [0.25, 0.3) is 23.6 Å². The number of alkyl halides is 3. The van der Waals surface area contributed by atoms with Crippen LogP contribution in [0.2, 0.25) is 0 Å². The molecule has 2 heterocycles. The maximum Gasteiger partial charge on any atom is 0.402 e. The monoisotopic (exact) mass is 578 g/mol. The second kappa shape index (κ2) is 9.35. The summed E-state index contributed by atoms with van der Waals surface area (Å²) in [6.07, 6.45) is -5.77. The smallest absolute Gasteiger partial charge is 0.389 e. The summed E-state index contributed by atoms with van der Waals surface area (Å²) in [7, 11) is 1.26. The van der Waals surface area contributed by atoms with Crippen molar-refractivity contribution >= 4 is 29.3 Å². The van der Waals surface area contributed by atoms with Crippen molar-refractivity contribution in [2.24, 2.45) is 0 Å². The van der Waals surface area contributed by atoms with Gasteiger partial charge in [-0.3, -0.25) is 24.1 Å². The predicted molar refractivity (Wildman–Crippen MR) is 149 cm³/mol. The van der Waals surface area contributed by atoms with E-state index >= 15 is 0 Å². The number of aliphatic hydroxyl groups excluding tert-OH is 1. The van der Waals surface area contributed by atoms with E-state index in [0.29, 0.717) is 22.4 Å². The number of fused-ring (bicyclic) bond motifs is 2. The second-order valence-corrected chi connectivity index (χ2v) is 11.2. The number of aliphatic hydroxyl groups is 1. The molecule has 0 radical (unpaired) electrons. The molecule has 0 saturated heterocycles. The quantitative estimate of drug-likeness (QED) is 0.391. The summed E-state index contributed by atoms with van der Waals surface area (Å²) in [5, 5.41) is 10.5. The van der Waals surface area contributed by atoms with E-state index in [2.05, 4.69) is 0 Å². The highest BCUT2D eigenvalue weighted by atomic mass is 19.4. The van der Waals surface area contributed by atoms with Crippen LogP contribution in [-0.2, 0) is 5.41 Å². The molecule has 2 atom stereocenters. The van der Waals surface area contributed by atoms with Crippen LogP contribution >= 0.6 is 0 Å². The summed E-state index contributed by atoms with van der Waals surface area (Å²) < 4.78 is 44.7. The van der Waals surface area contributed by atoms with E-state index < -0.39 is 41.3 Å². The van der Waals surface area contributed by atoms with Crippen molar-refractivity contribution in [3.63, 3.8) is 0 Å². The van der Waals surface area contributed by atoms with Gasteiger partial charge in [0.2, 0.25) is 0 Å². The number of hydrogen-bond acceptors (Lipinski definition) is 5. The molecule has 0 spiro atoms. The van der Waals surface area contributed by atoms with E-state index in [4.69, 9.17) is 0 Å². The van der Waals surface area contributed by atoms with Crippen molar-refractivity contribution in [3.8, 4) is 0 Å². The topological polar surface area (TPSA) is 95.0 Å². The lowest BCUT2D eigenvalue weighted by atomic mass is 9.74. The highest BCUT2D eigenvalue weighted by Gasteiger charge is 2.55. The average Bonchev–Trinajstić information content (AvgIpc) is 3.30. The first kappa shape index (κ1) is 29.2. The van der Waals surface area contributed by atoms with Gasteiger partial charge in [-0.1, -0.05) is 12.1 Å². The molecule has 3 aromatic rings. The standard InChI is InChI=1S/C32H29F3N2O5/c1-14-15(2)25(18(5)38)17(4)26(16(14)3)37-29(41)22-11-9-20(13-24(22)30(37)42)31(6,32(33,34)35)19-8-10-21-23(12-19)28(40)36(7)27(21)39/h8-13,18,38H,1-7H3. The van der Waals surface area contributed by atoms with Crippen molar-refractivity contribution in [2.45, 2.75) is 59.2 Å². The minimum Gasteiger partial charge on any atom is -0.389 e. The molecule has 0 aromatic heterocycles. The summed E-state index contributed by atoms with van der Waals surface area (Å²) in [4.78, 5) is 54.1. The molecule has 2 aliphatic rings. The number of carbonyl (C=O) groups is 4. The first-order valence-electron chi connectivity index (χ1n) is 13.3. The molecule has 0 aliphatic carbocycles. The molecule has 1 N–H and O–H groups in total. The van der Waals surface area contributed by atoms with Gasteiger partial charge < -0.3 is 5.11 Å². The lowest BCUT2D eigenvalue weighted by Gasteiger charge is -2.33. The Balaban J connectivity index is 1.67. The number of carbonyl (C=O) groups excluding carboxylic acids is 4. The fourth-order valence-electron chi connectivity index (χ4n) is 6.23. The van der Waals surface area contributed by atoms with Crippen LogP contribution in [0.5, 0.6) is 0 Å². The van der Waals surface area contributed by atoms with Crippen molar-refractivity contribution in [1.82, 2.24) is 4.90 Å². The molecular formula is C32H29F3N2O5. The third-order valence-electron chi connectivity index (χ3n) is 8.98. The molecule has 2 aliphatic heterocycles. The SMILES string of the molecule is Cc1c(C)c(C(C)O)c(C)c(N2C(=O)c3ccc(C(C)(c4ccc5c(c4)C(=O)N(C)C5=O)C(F)(F)F)cc3C2=O)c1C. The summed E-state index contributed by atoms with van der Waals surface area (Å²) in [5.41, 5.74) is 0.0148. The Labute approximate surface area is 240 Å². The molecular weight excluding hydrogens is 549 g/mol. The zero-order valence-electron chi connectivity index (χ0n) is 24.1. The lowest BCUT2D eigenvalue weighted by molar-refractivity contribution is -0.173. The van der Waals surface area contributed by atoms with Crippen LogP contribution in [0, 0.1) is 27.7 Å². The molecule has 218 valence electrons. The average molecular weight is 579 g/mol. The summed E-state index contributed by atoms with van der Waals surface area (Å²) in [6, 6.07) is 6.88. The van der Waals surface area contributed by atoms with Gasteiger partial charge in [0.15, 0.2) is 0 Å². The third kappa shape index (κ3) is 3.77. The molecule has 4 amide bonds. The molecule has 2 unspecified atom stereocenters.